The van der Waals surface area contributed by atoms with Crippen LogP contribution in [0.1, 0.15) is 24.2 Å². The van der Waals surface area contributed by atoms with Crippen LogP contribution < -0.4 is 15.4 Å². The van der Waals surface area contributed by atoms with Crippen LogP contribution in [0.5, 0.6) is 11.5 Å². The molecular weight excluding hydrogens is 364 g/mol. The van der Waals surface area contributed by atoms with Crippen LogP contribution in [0.2, 0.25) is 0 Å². The predicted molar refractivity (Wildman–Crippen MR) is 103 cm³/mol. The number of hydrogen-bond donors (Lipinski definition) is 5. The number of aliphatic hydroxyl groups is 1. The van der Waals surface area contributed by atoms with Gasteiger partial charge < -0.3 is 30.7 Å². The van der Waals surface area contributed by atoms with E-state index in [-0.39, 0.29) is 17.5 Å². The molecular formula is C20H24N2O6. The number of phenols is 1. The highest BCUT2D eigenvalue weighted by Crippen LogP contribution is 2.26. The molecule has 2 atom stereocenters. The summed E-state index contributed by atoms with van der Waals surface area (Å²) in [6.45, 7) is 1.94. The molecule has 1 amide bonds. The fraction of sp³-hybridized carbons (Fsp3) is 0.300. The van der Waals surface area contributed by atoms with Gasteiger partial charge in [0.25, 0.3) is 0 Å². The second-order valence-corrected chi connectivity index (χ2v) is 6.30. The van der Waals surface area contributed by atoms with Crippen LogP contribution in [0.4, 0.5) is 5.69 Å². The second kappa shape index (κ2) is 10.3. The monoisotopic (exact) mass is 388 g/mol. The number of rotatable bonds is 11. The molecule has 0 fully saturated rings. The van der Waals surface area contributed by atoms with Gasteiger partial charge in [-0.1, -0.05) is 18.2 Å². The number of ether oxygens (including phenoxy) is 1. The molecule has 150 valence electrons. The third-order valence-electron chi connectivity index (χ3n) is 4.20. The van der Waals surface area contributed by atoms with E-state index >= 15 is 0 Å². The van der Waals surface area contributed by atoms with E-state index in [0.29, 0.717) is 30.6 Å². The minimum atomic E-state index is -1.11. The number of aromatic hydroxyl groups is 1. The Kier molecular flexibility index (Phi) is 7.79. The first-order chi connectivity index (χ1) is 13.4. The molecule has 0 radical (unpaired) electrons. The Labute approximate surface area is 162 Å². The van der Waals surface area contributed by atoms with Crippen molar-refractivity contribution < 1.29 is 29.6 Å². The van der Waals surface area contributed by atoms with Crippen molar-refractivity contribution in [2.45, 2.75) is 25.5 Å². The maximum Gasteiger partial charge on any atom is 0.341 e. The summed E-state index contributed by atoms with van der Waals surface area (Å²) in [5.74, 6) is -0.680. The number of carboxylic acid groups (broad SMARTS) is 1. The summed E-state index contributed by atoms with van der Waals surface area (Å²) in [6, 6.07) is 11.3. The smallest absolute Gasteiger partial charge is 0.341 e. The van der Waals surface area contributed by atoms with Crippen molar-refractivity contribution in [2.24, 2.45) is 0 Å². The average molecular weight is 388 g/mol. The molecule has 2 aromatic rings. The summed E-state index contributed by atoms with van der Waals surface area (Å²) in [5.41, 5.74) is 2.01. The Morgan fingerprint density at radius 1 is 1.21 bits per heavy atom. The van der Waals surface area contributed by atoms with Crippen LogP contribution in [-0.4, -0.2) is 46.9 Å². The average Bonchev–Trinajstić information content (AvgIpc) is 2.67. The second-order valence-electron chi connectivity index (χ2n) is 6.30. The van der Waals surface area contributed by atoms with Gasteiger partial charge in [0, 0.05) is 6.04 Å². The summed E-state index contributed by atoms with van der Waals surface area (Å²) >= 11 is 0. The van der Waals surface area contributed by atoms with E-state index in [9.17, 15) is 19.8 Å². The van der Waals surface area contributed by atoms with Gasteiger partial charge in [-0.15, -0.1) is 0 Å². The van der Waals surface area contributed by atoms with E-state index in [2.05, 4.69) is 10.6 Å². The molecule has 28 heavy (non-hydrogen) atoms. The topological polar surface area (TPSA) is 128 Å². The van der Waals surface area contributed by atoms with Crippen LogP contribution in [0.3, 0.4) is 0 Å². The van der Waals surface area contributed by atoms with Crippen molar-refractivity contribution in [2.75, 3.05) is 18.5 Å². The van der Waals surface area contributed by atoms with Crippen molar-refractivity contribution in [1.82, 2.24) is 5.32 Å². The molecule has 0 aliphatic heterocycles. The van der Waals surface area contributed by atoms with Crippen LogP contribution in [-0.2, 0) is 16.0 Å². The zero-order chi connectivity index (χ0) is 20.5. The van der Waals surface area contributed by atoms with Gasteiger partial charge in [0.1, 0.15) is 11.5 Å². The molecule has 0 unspecified atom stereocenters. The van der Waals surface area contributed by atoms with Gasteiger partial charge in [0.2, 0.25) is 6.41 Å². The van der Waals surface area contributed by atoms with E-state index in [1.54, 1.807) is 30.3 Å². The molecule has 8 nitrogen and oxygen atoms in total. The van der Waals surface area contributed by atoms with Gasteiger partial charge in [0.15, 0.2) is 6.61 Å². The molecule has 0 aliphatic rings. The number of aliphatic carboxylic acids is 1. The van der Waals surface area contributed by atoms with Crippen LogP contribution >= 0.6 is 0 Å². The lowest BCUT2D eigenvalue weighted by molar-refractivity contribution is -0.139. The lowest BCUT2D eigenvalue weighted by Gasteiger charge is -2.21. The SMILES string of the molecule is C[C@H](NCCc1ccc(OCC(=O)O)c(NC=O)c1)[C@@H](O)c1ccc(O)cc1. The van der Waals surface area contributed by atoms with E-state index in [1.807, 2.05) is 6.92 Å². The zero-order valence-electron chi connectivity index (χ0n) is 15.5. The first-order valence-electron chi connectivity index (χ1n) is 8.78. The maximum absolute atomic E-state index is 10.8. The molecule has 0 heterocycles. The van der Waals surface area contributed by atoms with Crippen LogP contribution in [0.15, 0.2) is 42.5 Å². The zero-order valence-corrected chi connectivity index (χ0v) is 15.5. The molecule has 0 saturated carbocycles. The highest BCUT2D eigenvalue weighted by molar-refractivity contribution is 5.76. The fourth-order valence-corrected chi connectivity index (χ4v) is 2.69. The Balaban J connectivity index is 1.92. The molecule has 0 saturated heterocycles. The number of amides is 1. The number of carbonyl (C=O) groups excluding carboxylic acids is 1. The summed E-state index contributed by atoms with van der Waals surface area (Å²) < 4.78 is 5.15. The van der Waals surface area contributed by atoms with Crippen molar-refractivity contribution >= 4 is 18.1 Å². The number of aliphatic hydroxyl groups excluding tert-OH is 1. The minimum absolute atomic E-state index is 0.145. The van der Waals surface area contributed by atoms with Crippen LogP contribution in [0, 0.1) is 0 Å². The number of nitrogens with one attached hydrogen (secondary N) is 2. The molecule has 2 aromatic carbocycles. The third kappa shape index (κ3) is 6.26. The number of carbonyl (C=O) groups is 2. The molecule has 0 aromatic heterocycles. The van der Waals surface area contributed by atoms with Gasteiger partial charge in [0.05, 0.1) is 11.8 Å². The summed E-state index contributed by atoms with van der Waals surface area (Å²) in [6.07, 6.45) is 0.403. The highest BCUT2D eigenvalue weighted by atomic mass is 16.5. The number of anilines is 1. The highest BCUT2D eigenvalue weighted by Gasteiger charge is 2.16. The van der Waals surface area contributed by atoms with E-state index < -0.39 is 18.7 Å². The van der Waals surface area contributed by atoms with Crippen molar-refractivity contribution in [3.8, 4) is 11.5 Å². The fourth-order valence-electron chi connectivity index (χ4n) is 2.69. The van der Waals surface area contributed by atoms with E-state index in [1.165, 1.54) is 12.1 Å². The lowest BCUT2D eigenvalue weighted by atomic mass is 10.0. The standard InChI is InChI=1S/C20H24N2O6/c1-13(20(27)15-3-5-16(24)6-4-15)21-9-8-14-2-7-18(28-11-19(25)26)17(10-14)22-12-23/h2-7,10,12-13,20-21,24,27H,8-9,11H2,1H3,(H,22,23)(H,25,26)/t13-,20+/m0/s1. The number of benzene rings is 2. The summed E-state index contributed by atoms with van der Waals surface area (Å²) in [7, 11) is 0. The Hall–Kier alpha value is -3.10. The van der Waals surface area contributed by atoms with Crippen molar-refractivity contribution in [1.29, 1.82) is 0 Å². The Morgan fingerprint density at radius 3 is 2.57 bits per heavy atom. The van der Waals surface area contributed by atoms with Crippen molar-refractivity contribution in [3.05, 3.63) is 53.6 Å². The number of carboxylic acids is 1. The predicted octanol–water partition coefficient (Wildman–Crippen LogP) is 1.68. The van der Waals surface area contributed by atoms with Crippen LogP contribution in [0.25, 0.3) is 0 Å². The third-order valence-corrected chi connectivity index (χ3v) is 4.20. The molecule has 8 heteroatoms. The quantitative estimate of drug-likeness (QED) is 0.371. The van der Waals surface area contributed by atoms with Gasteiger partial charge >= 0.3 is 5.97 Å². The van der Waals surface area contributed by atoms with Gasteiger partial charge in [-0.3, -0.25) is 4.79 Å². The number of hydrogen-bond acceptors (Lipinski definition) is 6. The Morgan fingerprint density at radius 2 is 1.93 bits per heavy atom. The Bertz CT molecular complexity index is 794. The molecule has 0 bridgehead atoms. The van der Waals surface area contributed by atoms with Gasteiger partial charge in [-0.05, 0) is 55.3 Å². The molecule has 0 aliphatic carbocycles. The first-order valence-corrected chi connectivity index (χ1v) is 8.78. The van der Waals surface area contributed by atoms with Gasteiger partial charge in [-0.25, -0.2) is 4.79 Å². The first kappa shape index (κ1) is 21.2. The van der Waals surface area contributed by atoms with Gasteiger partial charge in [-0.2, -0.15) is 0 Å². The van der Waals surface area contributed by atoms with E-state index in [4.69, 9.17) is 9.84 Å². The van der Waals surface area contributed by atoms with Crippen molar-refractivity contribution in [3.63, 3.8) is 0 Å². The normalized spacial score (nSPS) is 12.8. The number of phenolic OH excluding ortho intramolecular Hbond substituents is 1. The summed E-state index contributed by atoms with van der Waals surface area (Å²) in [5, 5.41) is 34.1. The van der Waals surface area contributed by atoms with E-state index in [0.717, 1.165) is 5.56 Å². The maximum atomic E-state index is 10.8. The lowest BCUT2D eigenvalue weighted by Crippen LogP contribution is -2.33. The minimum Gasteiger partial charge on any atom is -0.508 e. The molecule has 2 rings (SSSR count). The summed E-state index contributed by atoms with van der Waals surface area (Å²) in [4.78, 5) is 21.4. The molecule has 0 spiro atoms. The molecule has 5 N–H and O–H groups in total. The largest absolute Gasteiger partial charge is 0.508 e.